The molecular formula is C19H17ClN2O2S2. The van der Waals surface area contributed by atoms with E-state index in [2.05, 4.69) is 10.3 Å². The summed E-state index contributed by atoms with van der Waals surface area (Å²) in [6, 6.07) is 15.1. The van der Waals surface area contributed by atoms with Gasteiger partial charge in [-0.2, -0.15) is 0 Å². The number of carbonyl (C=O) groups is 1. The van der Waals surface area contributed by atoms with E-state index in [1.165, 1.54) is 23.1 Å². The van der Waals surface area contributed by atoms with Crippen molar-refractivity contribution in [3.05, 3.63) is 58.9 Å². The van der Waals surface area contributed by atoms with Crippen molar-refractivity contribution in [2.24, 2.45) is 0 Å². The Hall–Kier alpha value is -2.02. The number of thioether (sulfide) groups is 1. The van der Waals surface area contributed by atoms with Crippen LogP contribution in [0.3, 0.4) is 0 Å². The van der Waals surface area contributed by atoms with Gasteiger partial charge in [0.25, 0.3) is 0 Å². The molecule has 1 amide bonds. The molecule has 0 bridgehead atoms. The number of hydrogen-bond donors (Lipinski definition) is 1. The van der Waals surface area contributed by atoms with Crippen LogP contribution in [0.1, 0.15) is 6.92 Å². The summed E-state index contributed by atoms with van der Waals surface area (Å²) in [7, 11) is 1.63. The number of halogens is 1. The van der Waals surface area contributed by atoms with Crippen LogP contribution in [0.2, 0.25) is 5.02 Å². The van der Waals surface area contributed by atoms with E-state index in [1.807, 2.05) is 60.8 Å². The minimum absolute atomic E-state index is 0.0828. The number of aromatic nitrogens is 1. The third-order valence-electron chi connectivity index (χ3n) is 3.62. The largest absolute Gasteiger partial charge is 0.497 e. The van der Waals surface area contributed by atoms with Gasteiger partial charge in [-0.05, 0) is 55.5 Å². The average molecular weight is 405 g/mol. The molecule has 0 saturated carbocycles. The quantitative estimate of drug-likeness (QED) is 0.544. The molecule has 0 radical (unpaired) electrons. The molecule has 0 fully saturated rings. The van der Waals surface area contributed by atoms with Gasteiger partial charge in [0.05, 0.1) is 18.1 Å². The van der Waals surface area contributed by atoms with Crippen LogP contribution in [-0.4, -0.2) is 23.3 Å². The number of amides is 1. The van der Waals surface area contributed by atoms with Crippen molar-refractivity contribution in [2.45, 2.75) is 17.1 Å². The second-order valence-corrected chi connectivity index (χ2v) is 8.18. The highest BCUT2D eigenvalue weighted by Crippen LogP contribution is 2.28. The monoisotopic (exact) mass is 404 g/mol. The molecule has 3 rings (SSSR count). The molecule has 1 aromatic heterocycles. The van der Waals surface area contributed by atoms with Gasteiger partial charge in [-0.3, -0.25) is 4.79 Å². The zero-order valence-electron chi connectivity index (χ0n) is 14.2. The standard InChI is InChI=1S/C19H17ClN2O2S2/c1-12(26-16-9-5-14(20)6-10-16)18(23)22-19-21-17(11-25-19)13-3-7-15(24-2)8-4-13/h3-12H,1-2H3,(H,21,22,23). The van der Waals surface area contributed by atoms with Crippen LogP contribution in [-0.2, 0) is 4.79 Å². The summed E-state index contributed by atoms with van der Waals surface area (Å²) in [5.41, 5.74) is 1.80. The van der Waals surface area contributed by atoms with Gasteiger partial charge >= 0.3 is 0 Å². The Labute approximate surface area is 165 Å². The van der Waals surface area contributed by atoms with E-state index >= 15 is 0 Å². The SMILES string of the molecule is COc1ccc(-c2csc(NC(=O)C(C)Sc3ccc(Cl)cc3)n2)cc1. The van der Waals surface area contributed by atoms with Crippen LogP contribution in [0.25, 0.3) is 11.3 Å². The third kappa shape index (κ3) is 4.78. The molecule has 1 unspecified atom stereocenters. The van der Waals surface area contributed by atoms with Gasteiger partial charge in [0.2, 0.25) is 5.91 Å². The van der Waals surface area contributed by atoms with Crippen molar-refractivity contribution < 1.29 is 9.53 Å². The van der Waals surface area contributed by atoms with Gasteiger partial charge in [-0.1, -0.05) is 11.6 Å². The predicted molar refractivity (Wildman–Crippen MR) is 110 cm³/mol. The maximum absolute atomic E-state index is 12.4. The summed E-state index contributed by atoms with van der Waals surface area (Å²) in [6.07, 6.45) is 0. The van der Waals surface area contributed by atoms with Gasteiger partial charge in [0.1, 0.15) is 5.75 Å². The van der Waals surface area contributed by atoms with E-state index in [0.717, 1.165) is 21.9 Å². The van der Waals surface area contributed by atoms with E-state index in [0.29, 0.717) is 10.2 Å². The summed E-state index contributed by atoms with van der Waals surface area (Å²) in [5, 5.41) is 5.83. The van der Waals surface area contributed by atoms with Crippen LogP contribution in [0.15, 0.2) is 58.8 Å². The highest BCUT2D eigenvalue weighted by molar-refractivity contribution is 8.00. The molecule has 0 aliphatic carbocycles. The van der Waals surface area contributed by atoms with Gasteiger partial charge in [0.15, 0.2) is 5.13 Å². The number of anilines is 1. The molecule has 0 spiro atoms. The maximum atomic E-state index is 12.4. The number of benzene rings is 2. The number of rotatable bonds is 6. The van der Waals surface area contributed by atoms with Crippen molar-refractivity contribution in [1.82, 2.24) is 4.98 Å². The van der Waals surface area contributed by atoms with E-state index < -0.39 is 0 Å². The number of methoxy groups -OCH3 is 1. The molecule has 3 aromatic rings. The van der Waals surface area contributed by atoms with Crippen LogP contribution in [0, 0.1) is 0 Å². The Morgan fingerprint density at radius 1 is 1.19 bits per heavy atom. The van der Waals surface area contributed by atoms with Gasteiger partial charge in [0, 0.05) is 20.9 Å². The molecule has 134 valence electrons. The molecule has 2 aromatic carbocycles. The first-order valence-corrected chi connectivity index (χ1v) is 10.0. The topological polar surface area (TPSA) is 51.2 Å². The lowest BCUT2D eigenvalue weighted by molar-refractivity contribution is -0.115. The lowest BCUT2D eigenvalue weighted by Gasteiger charge is -2.10. The number of thiazole rings is 1. The lowest BCUT2D eigenvalue weighted by atomic mass is 10.2. The fourth-order valence-corrected chi connectivity index (χ4v) is 3.92. The molecule has 1 N–H and O–H groups in total. The average Bonchev–Trinajstić information content (AvgIpc) is 3.12. The molecule has 7 heteroatoms. The highest BCUT2D eigenvalue weighted by atomic mass is 35.5. The van der Waals surface area contributed by atoms with Crippen LogP contribution >= 0.6 is 34.7 Å². The van der Waals surface area contributed by atoms with E-state index in [9.17, 15) is 4.79 Å². The number of ether oxygens (including phenoxy) is 1. The first-order chi connectivity index (χ1) is 12.5. The zero-order chi connectivity index (χ0) is 18.5. The number of nitrogens with zero attached hydrogens (tertiary/aromatic N) is 1. The normalized spacial score (nSPS) is 11.8. The second kappa shape index (κ2) is 8.58. The Morgan fingerprint density at radius 2 is 1.88 bits per heavy atom. The van der Waals surface area contributed by atoms with E-state index in [4.69, 9.17) is 16.3 Å². The van der Waals surface area contributed by atoms with Crippen LogP contribution < -0.4 is 10.1 Å². The smallest absolute Gasteiger partial charge is 0.239 e. The molecule has 1 heterocycles. The molecule has 0 saturated heterocycles. The minimum Gasteiger partial charge on any atom is -0.497 e. The van der Waals surface area contributed by atoms with Crippen molar-refractivity contribution >= 4 is 45.7 Å². The van der Waals surface area contributed by atoms with Crippen molar-refractivity contribution in [3.63, 3.8) is 0 Å². The summed E-state index contributed by atoms with van der Waals surface area (Å²) in [4.78, 5) is 17.9. The fourth-order valence-electron chi connectivity index (χ4n) is 2.20. The number of carbonyl (C=O) groups excluding carboxylic acids is 1. The Balaban J connectivity index is 1.62. The summed E-state index contributed by atoms with van der Waals surface area (Å²) in [6.45, 7) is 1.87. The molecule has 4 nitrogen and oxygen atoms in total. The Kier molecular flexibility index (Phi) is 6.19. The summed E-state index contributed by atoms with van der Waals surface area (Å²) < 4.78 is 5.16. The first kappa shape index (κ1) is 18.8. The Bertz CT molecular complexity index is 879. The first-order valence-electron chi connectivity index (χ1n) is 7.88. The predicted octanol–water partition coefficient (Wildman–Crippen LogP) is 5.59. The molecule has 1 atom stereocenters. The highest BCUT2D eigenvalue weighted by Gasteiger charge is 2.16. The van der Waals surface area contributed by atoms with Gasteiger partial charge in [-0.25, -0.2) is 4.98 Å². The van der Waals surface area contributed by atoms with Crippen molar-refractivity contribution in [1.29, 1.82) is 0 Å². The van der Waals surface area contributed by atoms with Crippen LogP contribution in [0.4, 0.5) is 5.13 Å². The van der Waals surface area contributed by atoms with Crippen molar-refractivity contribution in [2.75, 3.05) is 12.4 Å². The minimum atomic E-state index is -0.246. The molecule has 0 aliphatic rings. The van der Waals surface area contributed by atoms with Crippen LogP contribution in [0.5, 0.6) is 5.75 Å². The zero-order valence-corrected chi connectivity index (χ0v) is 16.6. The van der Waals surface area contributed by atoms with E-state index in [-0.39, 0.29) is 11.2 Å². The number of nitrogens with one attached hydrogen (secondary N) is 1. The van der Waals surface area contributed by atoms with E-state index in [1.54, 1.807) is 7.11 Å². The van der Waals surface area contributed by atoms with Gasteiger partial charge < -0.3 is 10.1 Å². The molecule has 0 aliphatic heterocycles. The molecular weight excluding hydrogens is 388 g/mol. The third-order valence-corrected chi connectivity index (χ3v) is 5.74. The summed E-state index contributed by atoms with van der Waals surface area (Å²) >= 11 is 8.77. The summed E-state index contributed by atoms with van der Waals surface area (Å²) in [5.74, 6) is 0.714. The fraction of sp³-hybridized carbons (Fsp3) is 0.158. The van der Waals surface area contributed by atoms with Crippen molar-refractivity contribution in [3.8, 4) is 17.0 Å². The lowest BCUT2D eigenvalue weighted by Crippen LogP contribution is -2.22. The molecule has 26 heavy (non-hydrogen) atoms. The second-order valence-electron chi connectivity index (χ2n) is 5.47. The number of hydrogen-bond acceptors (Lipinski definition) is 5. The Morgan fingerprint density at radius 3 is 2.54 bits per heavy atom. The maximum Gasteiger partial charge on any atom is 0.239 e. The van der Waals surface area contributed by atoms with Gasteiger partial charge in [-0.15, -0.1) is 23.1 Å².